The van der Waals surface area contributed by atoms with E-state index in [1.54, 1.807) is 17.8 Å². The van der Waals surface area contributed by atoms with Crippen LogP contribution >= 0.6 is 11.6 Å². The van der Waals surface area contributed by atoms with Gasteiger partial charge in [0.1, 0.15) is 11.8 Å². The van der Waals surface area contributed by atoms with Gasteiger partial charge in [0.25, 0.3) is 0 Å². The van der Waals surface area contributed by atoms with Crippen molar-refractivity contribution >= 4 is 17.6 Å². The fourth-order valence-electron chi connectivity index (χ4n) is 4.89. The standard InChI is InChI=1S/C30H25ClN4O4/c1-18-26(27(36)25-17-35(34-32-25)16-19-2-12-24(31)13-3-19)28(39-33-18)22-6-4-20(5-7-22)21-8-10-23(11-9-21)30(14-15-30)29(37)38/h2-13,17,27,36H,14-16H2,1H3,(H,37,38). The van der Waals surface area contributed by atoms with Crippen molar-refractivity contribution in [3.05, 3.63) is 112 Å². The number of aliphatic carboxylic acids is 1. The smallest absolute Gasteiger partial charge is 0.314 e. The van der Waals surface area contributed by atoms with Crippen LogP contribution in [0.4, 0.5) is 0 Å². The minimum atomic E-state index is -1.07. The highest BCUT2D eigenvalue weighted by Crippen LogP contribution is 2.48. The Balaban J connectivity index is 1.21. The molecule has 196 valence electrons. The third-order valence-corrected chi connectivity index (χ3v) is 7.61. The van der Waals surface area contributed by atoms with Crippen molar-refractivity contribution in [1.82, 2.24) is 20.2 Å². The van der Waals surface area contributed by atoms with Crippen molar-refractivity contribution in [3.63, 3.8) is 0 Å². The van der Waals surface area contributed by atoms with Gasteiger partial charge in [-0.25, -0.2) is 4.68 Å². The molecule has 2 N–H and O–H groups in total. The van der Waals surface area contributed by atoms with Crippen LogP contribution in [0, 0.1) is 6.92 Å². The highest BCUT2D eigenvalue weighted by molar-refractivity contribution is 6.30. The molecule has 0 bridgehead atoms. The van der Waals surface area contributed by atoms with Gasteiger partial charge in [-0.2, -0.15) is 0 Å². The van der Waals surface area contributed by atoms with E-state index in [-0.39, 0.29) is 0 Å². The van der Waals surface area contributed by atoms with Gasteiger partial charge in [0, 0.05) is 10.6 Å². The number of rotatable bonds is 8. The van der Waals surface area contributed by atoms with Crippen LogP contribution in [0.5, 0.6) is 0 Å². The number of carbonyl (C=O) groups is 1. The van der Waals surface area contributed by atoms with E-state index in [4.69, 9.17) is 16.1 Å². The maximum absolute atomic E-state index is 11.6. The quantitative estimate of drug-likeness (QED) is 0.255. The molecule has 1 fully saturated rings. The minimum Gasteiger partial charge on any atom is -0.481 e. The topological polar surface area (TPSA) is 114 Å². The van der Waals surface area contributed by atoms with E-state index in [0.29, 0.717) is 47.1 Å². The van der Waals surface area contributed by atoms with Gasteiger partial charge in [0.15, 0.2) is 5.76 Å². The molecule has 5 aromatic rings. The first-order valence-electron chi connectivity index (χ1n) is 12.6. The van der Waals surface area contributed by atoms with Gasteiger partial charge in [-0.15, -0.1) is 5.10 Å². The summed E-state index contributed by atoms with van der Waals surface area (Å²) in [5.74, 6) is -0.296. The number of aliphatic hydroxyl groups is 1. The predicted molar refractivity (Wildman–Crippen MR) is 145 cm³/mol. The number of halogens is 1. The molecule has 1 aliphatic rings. The van der Waals surface area contributed by atoms with Crippen molar-refractivity contribution in [1.29, 1.82) is 0 Å². The summed E-state index contributed by atoms with van der Waals surface area (Å²) in [6.45, 7) is 2.27. The molecule has 0 aliphatic heterocycles. The number of nitrogens with zero attached hydrogens (tertiary/aromatic N) is 4. The summed E-state index contributed by atoms with van der Waals surface area (Å²) in [6, 6.07) is 22.9. The summed E-state index contributed by atoms with van der Waals surface area (Å²) in [5.41, 5.74) is 5.36. The largest absolute Gasteiger partial charge is 0.481 e. The number of benzene rings is 3. The first kappa shape index (κ1) is 25.0. The van der Waals surface area contributed by atoms with Crippen LogP contribution < -0.4 is 0 Å². The molecule has 8 nitrogen and oxygen atoms in total. The number of aryl methyl sites for hydroxylation is 1. The zero-order chi connectivity index (χ0) is 27.1. The summed E-state index contributed by atoms with van der Waals surface area (Å²) in [5, 5.41) is 33.9. The van der Waals surface area contributed by atoms with E-state index >= 15 is 0 Å². The van der Waals surface area contributed by atoms with E-state index in [0.717, 1.165) is 27.8 Å². The number of carboxylic acids is 1. The average Bonchev–Trinajstić information content (AvgIpc) is 3.49. The molecule has 9 heteroatoms. The monoisotopic (exact) mass is 540 g/mol. The summed E-state index contributed by atoms with van der Waals surface area (Å²) in [6.07, 6.45) is 2.00. The first-order chi connectivity index (χ1) is 18.8. The summed E-state index contributed by atoms with van der Waals surface area (Å²) in [7, 11) is 0. The Hall–Kier alpha value is -4.27. The Morgan fingerprint density at radius 3 is 2.23 bits per heavy atom. The fourth-order valence-corrected chi connectivity index (χ4v) is 5.02. The van der Waals surface area contributed by atoms with Crippen molar-refractivity contribution in [2.45, 2.75) is 37.8 Å². The first-order valence-corrected chi connectivity index (χ1v) is 13.0. The molecule has 1 aliphatic carbocycles. The van der Waals surface area contributed by atoms with Crippen molar-refractivity contribution in [2.75, 3.05) is 0 Å². The molecular formula is C30H25ClN4O4. The van der Waals surface area contributed by atoms with E-state index in [2.05, 4.69) is 15.5 Å². The minimum absolute atomic E-state index is 0.392. The Bertz CT molecular complexity index is 1640. The van der Waals surface area contributed by atoms with Gasteiger partial charge in [0.05, 0.1) is 29.4 Å². The van der Waals surface area contributed by atoms with Crippen LogP contribution in [0.2, 0.25) is 5.02 Å². The number of carboxylic acid groups (broad SMARTS) is 1. The van der Waals surface area contributed by atoms with E-state index in [1.807, 2.05) is 72.8 Å². The van der Waals surface area contributed by atoms with E-state index < -0.39 is 17.5 Å². The molecule has 6 rings (SSSR count). The van der Waals surface area contributed by atoms with Crippen LogP contribution in [0.3, 0.4) is 0 Å². The lowest BCUT2D eigenvalue weighted by Gasteiger charge is -2.11. The maximum atomic E-state index is 11.6. The second-order valence-electron chi connectivity index (χ2n) is 9.92. The van der Waals surface area contributed by atoms with Gasteiger partial charge in [-0.1, -0.05) is 82.6 Å². The van der Waals surface area contributed by atoms with Crippen LogP contribution in [0.25, 0.3) is 22.5 Å². The maximum Gasteiger partial charge on any atom is 0.314 e. The zero-order valence-electron chi connectivity index (χ0n) is 21.1. The van der Waals surface area contributed by atoms with Gasteiger partial charge in [-0.3, -0.25) is 4.79 Å². The predicted octanol–water partition coefficient (Wildman–Crippen LogP) is 5.81. The van der Waals surface area contributed by atoms with Crippen LogP contribution in [-0.4, -0.2) is 36.3 Å². The van der Waals surface area contributed by atoms with Gasteiger partial charge in [-0.05, 0) is 54.2 Å². The molecule has 3 aromatic carbocycles. The van der Waals surface area contributed by atoms with E-state index in [1.165, 1.54) is 0 Å². The molecule has 2 heterocycles. The van der Waals surface area contributed by atoms with Crippen LogP contribution in [-0.2, 0) is 16.8 Å². The number of hydrogen-bond donors (Lipinski definition) is 2. The second-order valence-corrected chi connectivity index (χ2v) is 10.4. The van der Waals surface area contributed by atoms with Crippen LogP contribution in [0.15, 0.2) is 83.5 Å². The van der Waals surface area contributed by atoms with Crippen molar-refractivity contribution in [3.8, 4) is 22.5 Å². The molecule has 2 aromatic heterocycles. The number of aromatic nitrogens is 4. The molecule has 0 amide bonds. The third kappa shape index (κ3) is 4.73. The molecule has 0 saturated heterocycles. The third-order valence-electron chi connectivity index (χ3n) is 7.35. The molecule has 0 spiro atoms. The summed E-state index contributed by atoms with van der Waals surface area (Å²) in [4.78, 5) is 11.6. The Kier molecular flexibility index (Phi) is 6.29. The molecular weight excluding hydrogens is 516 g/mol. The van der Waals surface area contributed by atoms with Crippen molar-refractivity contribution in [2.24, 2.45) is 0 Å². The van der Waals surface area contributed by atoms with Crippen LogP contribution in [0.1, 0.15) is 47.0 Å². The van der Waals surface area contributed by atoms with Gasteiger partial charge < -0.3 is 14.7 Å². The second kappa shape index (κ2) is 9.80. The lowest BCUT2D eigenvalue weighted by molar-refractivity contribution is -0.140. The SMILES string of the molecule is Cc1noc(-c2ccc(-c3ccc(C4(C(=O)O)CC4)cc3)cc2)c1C(O)c1cn(Cc2ccc(Cl)cc2)nn1. The molecule has 1 saturated carbocycles. The molecule has 1 unspecified atom stereocenters. The lowest BCUT2D eigenvalue weighted by Crippen LogP contribution is -2.19. The van der Waals surface area contributed by atoms with E-state index in [9.17, 15) is 15.0 Å². The normalized spacial score (nSPS) is 14.7. The summed E-state index contributed by atoms with van der Waals surface area (Å²) < 4.78 is 7.29. The molecule has 0 radical (unpaired) electrons. The van der Waals surface area contributed by atoms with Crippen molar-refractivity contribution < 1.29 is 19.5 Å². The number of aliphatic hydroxyl groups excluding tert-OH is 1. The molecule has 1 atom stereocenters. The lowest BCUT2D eigenvalue weighted by atomic mass is 9.93. The number of hydrogen-bond acceptors (Lipinski definition) is 6. The Morgan fingerprint density at radius 1 is 1.00 bits per heavy atom. The van der Waals surface area contributed by atoms with Gasteiger partial charge in [0.2, 0.25) is 0 Å². The Labute approximate surface area is 229 Å². The Morgan fingerprint density at radius 2 is 1.62 bits per heavy atom. The highest BCUT2D eigenvalue weighted by Gasteiger charge is 2.51. The zero-order valence-corrected chi connectivity index (χ0v) is 21.8. The summed E-state index contributed by atoms with van der Waals surface area (Å²) >= 11 is 5.97. The highest BCUT2D eigenvalue weighted by atomic mass is 35.5. The van der Waals surface area contributed by atoms with Gasteiger partial charge >= 0.3 is 5.97 Å². The average molecular weight is 541 g/mol. The fraction of sp³-hybridized carbons (Fsp3) is 0.200. The molecule has 39 heavy (non-hydrogen) atoms.